The molecule has 0 heterocycles. The molecular weight excluding hydrogens is 486 g/mol. The molecule has 212 valence electrons. The maximum absolute atomic E-state index is 12.9. The van der Waals surface area contributed by atoms with Crippen molar-refractivity contribution in [3.63, 3.8) is 0 Å². The molecule has 0 aromatic rings. The molecule has 4 atom stereocenters. The van der Waals surface area contributed by atoms with E-state index in [9.17, 15) is 24.3 Å². The topological polar surface area (TPSA) is 305 Å². The zero-order chi connectivity index (χ0) is 28.4. The number of carboxylic acid groups (broad SMARTS) is 1. The number of guanidine groups is 2. The van der Waals surface area contributed by atoms with Crippen LogP contribution in [0.5, 0.6) is 0 Å². The van der Waals surface area contributed by atoms with Gasteiger partial charge in [-0.1, -0.05) is 0 Å². The Morgan fingerprint density at radius 1 is 0.730 bits per heavy atom. The molecule has 0 aromatic heterocycles. The monoisotopic (exact) mass is 529 g/mol. The average molecular weight is 530 g/mol. The Bertz CT molecular complexity index is 798. The van der Waals surface area contributed by atoms with Gasteiger partial charge in [-0.15, -0.1) is 0 Å². The summed E-state index contributed by atoms with van der Waals surface area (Å²) in [6.07, 6.45) is 2.48. The summed E-state index contributed by atoms with van der Waals surface area (Å²) >= 11 is 0. The van der Waals surface area contributed by atoms with Crippen molar-refractivity contribution in [1.29, 1.82) is 0 Å². The van der Waals surface area contributed by atoms with Gasteiger partial charge in [0.1, 0.15) is 18.1 Å². The second kappa shape index (κ2) is 18.6. The summed E-state index contributed by atoms with van der Waals surface area (Å²) < 4.78 is 0. The molecule has 0 rings (SSSR count). The normalized spacial score (nSPS) is 13.8. The molecule has 0 bridgehead atoms. The highest BCUT2D eigenvalue weighted by Gasteiger charge is 2.28. The summed E-state index contributed by atoms with van der Waals surface area (Å²) in [5.74, 6) is -3.27. The number of carbonyl (C=O) groups is 4. The van der Waals surface area contributed by atoms with Crippen LogP contribution in [0.2, 0.25) is 0 Å². The van der Waals surface area contributed by atoms with Crippen LogP contribution in [0.1, 0.15) is 51.9 Å². The first-order valence-electron chi connectivity index (χ1n) is 12.1. The Morgan fingerprint density at radius 3 is 1.76 bits per heavy atom. The maximum atomic E-state index is 12.9. The van der Waals surface area contributed by atoms with E-state index < -0.39 is 47.9 Å². The third-order valence-electron chi connectivity index (χ3n) is 5.20. The number of nitrogens with two attached hydrogens (primary N) is 6. The highest BCUT2D eigenvalue weighted by Crippen LogP contribution is 2.05. The smallest absolute Gasteiger partial charge is 0.326 e. The molecule has 0 aliphatic carbocycles. The second-order valence-corrected chi connectivity index (χ2v) is 8.48. The van der Waals surface area contributed by atoms with Gasteiger partial charge in [0.25, 0.3) is 0 Å². The Hall–Kier alpha value is -3.66. The van der Waals surface area contributed by atoms with Gasteiger partial charge in [0.2, 0.25) is 17.7 Å². The quantitative estimate of drug-likeness (QED) is 0.0438. The third-order valence-corrected chi connectivity index (χ3v) is 5.20. The molecule has 0 fully saturated rings. The number of amides is 3. The molecule has 37 heavy (non-hydrogen) atoms. The SMILES string of the molecule is CC(NC(=O)C(N)CCCN=C(N)N)C(=O)NC(CCCCN)C(=O)NC(CCCN=C(N)N)C(=O)O. The van der Waals surface area contributed by atoms with Crippen molar-refractivity contribution < 1.29 is 24.3 Å². The van der Waals surface area contributed by atoms with E-state index in [1.807, 2.05) is 0 Å². The highest BCUT2D eigenvalue weighted by atomic mass is 16.4. The van der Waals surface area contributed by atoms with Crippen molar-refractivity contribution in [3.05, 3.63) is 0 Å². The number of hydrogen-bond acceptors (Lipinski definition) is 8. The standard InChI is InChI=1S/C21H43N11O5/c1-12(30-17(34)13(23)6-4-10-28-20(24)25)16(33)31-14(7-2-3-9-22)18(35)32-15(19(36)37)8-5-11-29-21(26)27/h12-15H,2-11,22-23H2,1H3,(H,30,34)(H,31,33)(H,32,35)(H,36,37)(H4,24,25,28)(H4,26,27,29). The number of rotatable bonds is 19. The van der Waals surface area contributed by atoms with Gasteiger partial charge in [0.15, 0.2) is 11.9 Å². The van der Waals surface area contributed by atoms with Crippen LogP contribution in [0, 0.1) is 0 Å². The van der Waals surface area contributed by atoms with Crippen molar-refractivity contribution >= 4 is 35.6 Å². The lowest BCUT2D eigenvalue weighted by Gasteiger charge is -2.24. The van der Waals surface area contributed by atoms with Crippen LogP contribution in [0.25, 0.3) is 0 Å². The molecule has 0 spiro atoms. The number of aliphatic imine (C=N–C) groups is 2. The summed E-state index contributed by atoms with van der Waals surface area (Å²) in [4.78, 5) is 57.1. The molecule has 0 aliphatic rings. The number of carbonyl (C=O) groups excluding carboxylic acids is 3. The summed E-state index contributed by atoms with van der Waals surface area (Å²) in [6, 6.07) is -4.13. The molecule has 16 N–H and O–H groups in total. The summed E-state index contributed by atoms with van der Waals surface area (Å²) in [7, 11) is 0. The lowest BCUT2D eigenvalue weighted by Crippen LogP contribution is -2.56. The van der Waals surface area contributed by atoms with Crippen LogP contribution in [0.4, 0.5) is 0 Å². The lowest BCUT2D eigenvalue weighted by molar-refractivity contribution is -0.142. The molecule has 0 radical (unpaired) electrons. The number of aliphatic carboxylic acids is 1. The molecular formula is C21H43N11O5. The number of unbranched alkanes of at least 4 members (excludes halogenated alkanes) is 1. The van der Waals surface area contributed by atoms with Gasteiger partial charge in [-0.2, -0.15) is 0 Å². The van der Waals surface area contributed by atoms with Gasteiger partial charge < -0.3 is 55.5 Å². The Morgan fingerprint density at radius 2 is 1.24 bits per heavy atom. The van der Waals surface area contributed by atoms with Gasteiger partial charge in [-0.05, 0) is 58.4 Å². The van der Waals surface area contributed by atoms with E-state index in [0.717, 1.165) is 0 Å². The zero-order valence-electron chi connectivity index (χ0n) is 21.3. The molecule has 0 saturated carbocycles. The number of nitrogens with one attached hydrogen (secondary N) is 3. The van der Waals surface area contributed by atoms with Crippen LogP contribution in [-0.2, 0) is 19.2 Å². The Balaban J connectivity index is 5.05. The van der Waals surface area contributed by atoms with Crippen molar-refractivity contribution in [3.8, 4) is 0 Å². The molecule has 4 unspecified atom stereocenters. The van der Waals surface area contributed by atoms with Crippen molar-refractivity contribution in [2.45, 2.75) is 76.0 Å². The Kier molecular flexibility index (Phi) is 16.7. The van der Waals surface area contributed by atoms with E-state index in [2.05, 4.69) is 25.9 Å². The minimum Gasteiger partial charge on any atom is -0.480 e. The summed E-state index contributed by atoms with van der Waals surface area (Å²) in [6.45, 7) is 2.34. The number of carboxylic acids is 1. The first kappa shape index (κ1) is 33.3. The molecule has 16 heteroatoms. The van der Waals surface area contributed by atoms with Gasteiger partial charge in [0, 0.05) is 13.1 Å². The lowest BCUT2D eigenvalue weighted by atomic mass is 10.1. The minimum absolute atomic E-state index is 0.0611. The predicted molar refractivity (Wildman–Crippen MR) is 140 cm³/mol. The van der Waals surface area contributed by atoms with Gasteiger partial charge >= 0.3 is 5.97 Å². The van der Waals surface area contributed by atoms with E-state index in [1.165, 1.54) is 6.92 Å². The number of nitrogens with zero attached hydrogens (tertiary/aromatic N) is 2. The molecule has 0 aliphatic heterocycles. The summed E-state index contributed by atoms with van der Waals surface area (Å²) in [5.41, 5.74) is 32.4. The van der Waals surface area contributed by atoms with E-state index in [1.54, 1.807) is 0 Å². The fourth-order valence-electron chi connectivity index (χ4n) is 3.13. The van der Waals surface area contributed by atoms with Gasteiger partial charge in [-0.3, -0.25) is 24.4 Å². The fourth-order valence-corrected chi connectivity index (χ4v) is 3.13. The van der Waals surface area contributed by atoms with E-state index in [4.69, 9.17) is 34.4 Å². The van der Waals surface area contributed by atoms with Crippen LogP contribution in [0.15, 0.2) is 9.98 Å². The predicted octanol–water partition coefficient (Wildman–Crippen LogP) is -3.89. The first-order chi connectivity index (χ1) is 17.4. The van der Waals surface area contributed by atoms with Crippen LogP contribution in [-0.4, -0.2) is 84.5 Å². The highest BCUT2D eigenvalue weighted by molar-refractivity contribution is 5.93. The van der Waals surface area contributed by atoms with Crippen molar-refractivity contribution in [2.24, 2.45) is 44.4 Å². The van der Waals surface area contributed by atoms with Crippen molar-refractivity contribution in [2.75, 3.05) is 19.6 Å². The minimum atomic E-state index is -1.24. The maximum Gasteiger partial charge on any atom is 0.326 e. The number of hydrogen-bond donors (Lipinski definition) is 10. The summed E-state index contributed by atoms with van der Waals surface area (Å²) in [5, 5.41) is 17.0. The molecule has 16 nitrogen and oxygen atoms in total. The fraction of sp³-hybridized carbons (Fsp3) is 0.714. The zero-order valence-corrected chi connectivity index (χ0v) is 21.3. The average Bonchev–Trinajstić information content (AvgIpc) is 2.82. The van der Waals surface area contributed by atoms with Crippen molar-refractivity contribution in [1.82, 2.24) is 16.0 Å². The molecule has 0 aromatic carbocycles. The van der Waals surface area contributed by atoms with E-state index in [0.29, 0.717) is 45.2 Å². The molecule has 0 saturated heterocycles. The van der Waals surface area contributed by atoms with E-state index in [-0.39, 0.29) is 31.3 Å². The van der Waals surface area contributed by atoms with Crippen LogP contribution >= 0.6 is 0 Å². The van der Waals surface area contributed by atoms with Crippen LogP contribution < -0.4 is 50.4 Å². The first-order valence-corrected chi connectivity index (χ1v) is 12.1. The van der Waals surface area contributed by atoms with E-state index >= 15 is 0 Å². The second-order valence-electron chi connectivity index (χ2n) is 8.48. The third kappa shape index (κ3) is 15.8. The van der Waals surface area contributed by atoms with Gasteiger partial charge in [-0.25, -0.2) is 4.79 Å². The van der Waals surface area contributed by atoms with Gasteiger partial charge in [0.05, 0.1) is 6.04 Å². The Labute approximate surface area is 216 Å². The van der Waals surface area contributed by atoms with Crippen LogP contribution in [0.3, 0.4) is 0 Å². The molecule has 3 amide bonds. The largest absolute Gasteiger partial charge is 0.480 e.